The van der Waals surface area contributed by atoms with Crippen molar-refractivity contribution in [1.82, 2.24) is 0 Å². The number of nitro benzene ring substituents is 1. The predicted octanol–water partition coefficient (Wildman–Crippen LogP) is 3.74. The third-order valence-corrected chi connectivity index (χ3v) is 7.01. The zero-order chi connectivity index (χ0) is 21.7. The van der Waals surface area contributed by atoms with Gasteiger partial charge in [0.05, 0.1) is 34.6 Å². The van der Waals surface area contributed by atoms with Gasteiger partial charge in [-0.05, 0) is 24.8 Å². The van der Waals surface area contributed by atoms with E-state index in [-0.39, 0.29) is 17.2 Å². The van der Waals surface area contributed by atoms with Crippen molar-refractivity contribution in [3.8, 4) is 18.2 Å². The van der Waals surface area contributed by atoms with Crippen LogP contribution in [0.1, 0.15) is 44.3 Å². The van der Waals surface area contributed by atoms with Crippen LogP contribution in [0.15, 0.2) is 24.3 Å². The maximum Gasteiger partial charge on any atom is 0.275 e. The van der Waals surface area contributed by atoms with Gasteiger partial charge in [-0.3, -0.25) is 15.5 Å². The number of rotatable bonds is 3. The molecule has 1 saturated carbocycles. The van der Waals surface area contributed by atoms with Crippen molar-refractivity contribution in [3.05, 3.63) is 39.9 Å². The highest BCUT2D eigenvalue weighted by atomic mass is 16.7. The molecule has 5 unspecified atom stereocenters. The lowest BCUT2D eigenvalue weighted by Crippen LogP contribution is -2.61. The molecule has 2 aliphatic heterocycles. The second kappa shape index (κ2) is 6.52. The maximum absolute atomic E-state index is 11.7. The fraction of sp³-hybridized carbons (Fsp3) is 0.524. The van der Waals surface area contributed by atoms with E-state index in [1.807, 2.05) is 19.1 Å². The van der Waals surface area contributed by atoms with Crippen LogP contribution >= 0.6 is 0 Å². The summed E-state index contributed by atoms with van der Waals surface area (Å²) in [4.78, 5) is 11.0. The van der Waals surface area contributed by atoms with Gasteiger partial charge >= 0.3 is 0 Å². The van der Waals surface area contributed by atoms with Gasteiger partial charge in [-0.25, -0.2) is 0 Å². The molecule has 1 N–H and O–H groups in total. The predicted molar refractivity (Wildman–Crippen MR) is 101 cm³/mol. The zero-order valence-corrected chi connectivity index (χ0v) is 16.3. The number of hydrogen-bond donors (Lipinski definition) is 1. The first-order valence-electron chi connectivity index (χ1n) is 9.78. The molecule has 0 aromatic heterocycles. The molecule has 4 rings (SSSR count). The lowest BCUT2D eigenvalue weighted by atomic mass is 9.50. The standard InChI is InChI=1S/C21H19N5O4/c1-2-13-7-8-21-16(9-13)20(12-24,18(25)30-21)19(10-22,11-23)17(29-21)14-5-3-4-6-15(14)26(27)28/h3-6,13,16-17,25H,2,7-9H2,1H3. The average Bonchev–Trinajstić information content (AvgIpc) is 2.97. The number of para-hydroxylation sites is 1. The molecule has 3 aliphatic rings. The Hall–Kier alpha value is -3.48. The van der Waals surface area contributed by atoms with Crippen LogP contribution in [-0.4, -0.2) is 16.6 Å². The van der Waals surface area contributed by atoms with Gasteiger partial charge in [0.15, 0.2) is 5.41 Å². The Balaban J connectivity index is 2.01. The van der Waals surface area contributed by atoms with Crippen molar-refractivity contribution >= 4 is 11.6 Å². The Morgan fingerprint density at radius 1 is 1.27 bits per heavy atom. The van der Waals surface area contributed by atoms with Crippen molar-refractivity contribution in [2.45, 2.75) is 44.5 Å². The summed E-state index contributed by atoms with van der Waals surface area (Å²) in [5.74, 6) is -2.26. The van der Waals surface area contributed by atoms with Gasteiger partial charge in [-0.15, -0.1) is 0 Å². The summed E-state index contributed by atoms with van der Waals surface area (Å²) >= 11 is 0. The molecule has 2 heterocycles. The van der Waals surface area contributed by atoms with Crippen LogP contribution in [0, 0.1) is 72.2 Å². The van der Waals surface area contributed by atoms with Crippen molar-refractivity contribution < 1.29 is 14.4 Å². The number of benzene rings is 1. The van der Waals surface area contributed by atoms with E-state index in [9.17, 15) is 25.9 Å². The summed E-state index contributed by atoms with van der Waals surface area (Å²) in [5.41, 5.74) is -4.34. The molecule has 9 nitrogen and oxygen atoms in total. The smallest absolute Gasteiger partial charge is 0.275 e. The monoisotopic (exact) mass is 405 g/mol. The highest BCUT2D eigenvalue weighted by molar-refractivity contribution is 5.89. The lowest BCUT2D eigenvalue weighted by molar-refractivity contribution is -0.387. The minimum absolute atomic E-state index is 0.0268. The first-order valence-corrected chi connectivity index (χ1v) is 9.78. The van der Waals surface area contributed by atoms with Crippen LogP contribution in [0.25, 0.3) is 0 Å². The summed E-state index contributed by atoms with van der Waals surface area (Å²) in [6.45, 7) is 2.03. The number of nitriles is 3. The van der Waals surface area contributed by atoms with E-state index in [0.29, 0.717) is 12.8 Å². The second-order valence-electron chi connectivity index (χ2n) is 8.11. The first kappa shape index (κ1) is 19.8. The van der Waals surface area contributed by atoms with Gasteiger partial charge < -0.3 is 9.47 Å². The quantitative estimate of drug-likeness (QED) is 0.592. The van der Waals surface area contributed by atoms with Crippen LogP contribution in [0.3, 0.4) is 0 Å². The lowest BCUT2D eigenvalue weighted by Gasteiger charge is -2.52. The summed E-state index contributed by atoms with van der Waals surface area (Å²) in [6.07, 6.45) is 1.03. The van der Waals surface area contributed by atoms with Crippen molar-refractivity contribution in [2.75, 3.05) is 0 Å². The highest BCUT2D eigenvalue weighted by Crippen LogP contribution is 2.70. The summed E-state index contributed by atoms with van der Waals surface area (Å²) < 4.78 is 12.1. The SMILES string of the molecule is CCC1CCC23OC(=N)C(C#N)(C2C1)C(C#N)(C#N)C(c1ccccc1[N+](=O)[O-])O3. The van der Waals surface area contributed by atoms with Crippen molar-refractivity contribution in [2.24, 2.45) is 22.7 Å². The average molecular weight is 405 g/mol. The summed E-state index contributed by atoms with van der Waals surface area (Å²) in [7, 11) is 0. The molecule has 0 spiro atoms. The number of nitrogens with zero attached hydrogens (tertiary/aromatic N) is 4. The van der Waals surface area contributed by atoms with Crippen LogP contribution in [0.5, 0.6) is 0 Å². The van der Waals surface area contributed by atoms with Crippen LogP contribution in [0.4, 0.5) is 5.69 Å². The fourth-order valence-corrected chi connectivity index (χ4v) is 5.44. The maximum atomic E-state index is 11.7. The number of nitrogens with one attached hydrogen (secondary N) is 1. The van der Waals surface area contributed by atoms with E-state index in [1.165, 1.54) is 18.2 Å². The molecule has 0 radical (unpaired) electrons. The molecule has 2 saturated heterocycles. The fourth-order valence-electron chi connectivity index (χ4n) is 5.44. The summed E-state index contributed by atoms with van der Waals surface area (Å²) in [6, 6.07) is 11.7. The Kier molecular flexibility index (Phi) is 4.31. The van der Waals surface area contributed by atoms with E-state index in [2.05, 4.69) is 6.07 Å². The number of hydrogen-bond acceptors (Lipinski definition) is 8. The molecular weight excluding hydrogens is 386 g/mol. The molecule has 152 valence electrons. The molecule has 2 bridgehead atoms. The van der Waals surface area contributed by atoms with Gasteiger partial charge in [0, 0.05) is 12.5 Å². The minimum Gasteiger partial charge on any atom is -0.447 e. The van der Waals surface area contributed by atoms with E-state index < -0.39 is 39.5 Å². The number of ether oxygens (including phenoxy) is 2. The molecule has 9 heteroatoms. The van der Waals surface area contributed by atoms with E-state index in [1.54, 1.807) is 6.07 Å². The molecule has 0 amide bonds. The zero-order valence-electron chi connectivity index (χ0n) is 16.3. The molecule has 30 heavy (non-hydrogen) atoms. The molecular formula is C21H19N5O4. The molecule has 1 aromatic carbocycles. The Morgan fingerprint density at radius 2 is 1.97 bits per heavy atom. The van der Waals surface area contributed by atoms with Gasteiger partial charge in [-0.2, -0.15) is 15.8 Å². The van der Waals surface area contributed by atoms with Crippen molar-refractivity contribution in [1.29, 1.82) is 21.2 Å². The highest BCUT2D eigenvalue weighted by Gasteiger charge is 2.81. The molecule has 1 aromatic rings. The van der Waals surface area contributed by atoms with Gasteiger partial charge in [-0.1, -0.05) is 25.5 Å². The van der Waals surface area contributed by atoms with E-state index in [0.717, 1.165) is 12.8 Å². The first-order chi connectivity index (χ1) is 14.4. The summed E-state index contributed by atoms with van der Waals surface area (Å²) in [5, 5.41) is 50.9. The van der Waals surface area contributed by atoms with Gasteiger partial charge in [0.2, 0.25) is 17.1 Å². The normalized spacial score (nSPS) is 35.8. The van der Waals surface area contributed by atoms with Gasteiger partial charge in [0.1, 0.15) is 6.10 Å². The topological polar surface area (TPSA) is 157 Å². The third kappa shape index (κ3) is 2.15. The van der Waals surface area contributed by atoms with Crippen LogP contribution < -0.4 is 0 Å². The Morgan fingerprint density at radius 3 is 2.57 bits per heavy atom. The van der Waals surface area contributed by atoms with Crippen LogP contribution in [0.2, 0.25) is 0 Å². The Labute approximate surface area is 173 Å². The van der Waals surface area contributed by atoms with Gasteiger partial charge in [0.25, 0.3) is 5.69 Å². The molecule has 3 fully saturated rings. The number of nitro groups is 1. The second-order valence-corrected chi connectivity index (χ2v) is 8.11. The Bertz CT molecular complexity index is 1050. The molecule has 5 atom stereocenters. The van der Waals surface area contributed by atoms with Crippen LogP contribution in [-0.2, 0) is 9.47 Å². The largest absolute Gasteiger partial charge is 0.447 e. The minimum atomic E-state index is -2.18. The van der Waals surface area contributed by atoms with E-state index in [4.69, 9.17) is 14.9 Å². The molecule has 1 aliphatic carbocycles. The third-order valence-electron chi connectivity index (χ3n) is 7.01. The van der Waals surface area contributed by atoms with Crippen molar-refractivity contribution in [3.63, 3.8) is 0 Å². The van der Waals surface area contributed by atoms with E-state index >= 15 is 0 Å².